The molecule has 0 aromatic heterocycles. The van der Waals surface area contributed by atoms with Crippen molar-refractivity contribution >= 4 is 15.8 Å². The molecule has 0 aliphatic heterocycles. The fraction of sp³-hybridized carbons (Fsp3) is 0.250. The number of carboxylic acid groups (broad SMARTS) is 1. The molecule has 0 spiro atoms. The Bertz CT molecular complexity index is 663. The Labute approximate surface area is 156 Å². The van der Waals surface area contributed by atoms with Crippen LogP contribution in [0.2, 0.25) is 0 Å². The minimum atomic E-state index is -3.72. The minimum absolute atomic E-state index is 0.000741. The predicted molar refractivity (Wildman–Crippen MR) is 104 cm³/mol. The van der Waals surface area contributed by atoms with Gasteiger partial charge in [-0.05, 0) is 36.4 Å². The number of aliphatic carboxylic acids is 1. The van der Waals surface area contributed by atoms with E-state index in [0.717, 1.165) is 30.7 Å². The van der Waals surface area contributed by atoms with Crippen molar-refractivity contribution in [1.29, 1.82) is 0 Å². The highest BCUT2D eigenvalue weighted by Crippen LogP contribution is 2.09. The van der Waals surface area contributed by atoms with Crippen LogP contribution in [0.3, 0.4) is 0 Å². The zero-order valence-corrected chi connectivity index (χ0v) is 15.9. The lowest BCUT2D eigenvalue weighted by Gasteiger charge is -2.35. The fourth-order valence-corrected chi connectivity index (χ4v) is 3.46. The van der Waals surface area contributed by atoms with E-state index < -0.39 is 21.6 Å². The van der Waals surface area contributed by atoms with Crippen molar-refractivity contribution < 1.29 is 22.8 Å². The summed E-state index contributed by atoms with van der Waals surface area (Å²) in [6.45, 7) is 18.8. The van der Waals surface area contributed by atoms with Crippen molar-refractivity contribution in [2.75, 3.05) is 31.9 Å². The SMILES string of the molecule is C=CC[N+](CC=C)(CC=C)CC=C.O=C([O-])CS(=O)(=O)c1ccccc1. The molecule has 0 saturated heterocycles. The molecule has 0 bridgehead atoms. The van der Waals surface area contributed by atoms with Crippen LogP contribution < -0.4 is 5.11 Å². The van der Waals surface area contributed by atoms with Crippen LogP contribution in [-0.4, -0.2) is 50.8 Å². The molecule has 0 saturated carbocycles. The topological polar surface area (TPSA) is 74.3 Å². The van der Waals surface area contributed by atoms with Crippen molar-refractivity contribution in [3.8, 4) is 0 Å². The number of hydrogen-bond acceptors (Lipinski definition) is 4. The molecule has 0 amide bonds. The van der Waals surface area contributed by atoms with E-state index in [9.17, 15) is 18.3 Å². The van der Waals surface area contributed by atoms with Gasteiger partial charge in [-0.1, -0.05) is 44.5 Å². The van der Waals surface area contributed by atoms with Gasteiger partial charge in [-0.25, -0.2) is 8.42 Å². The van der Waals surface area contributed by atoms with Crippen LogP contribution >= 0.6 is 0 Å². The summed E-state index contributed by atoms with van der Waals surface area (Å²) >= 11 is 0. The van der Waals surface area contributed by atoms with Crippen LogP contribution in [0.5, 0.6) is 0 Å². The maximum atomic E-state index is 11.2. The molecular weight excluding hydrogens is 350 g/mol. The molecule has 0 aliphatic carbocycles. The molecule has 1 aromatic rings. The number of nitrogens with zero attached hydrogens (tertiary/aromatic N) is 1. The lowest BCUT2D eigenvalue weighted by molar-refractivity contribution is -0.906. The Balaban J connectivity index is 0.000000481. The van der Waals surface area contributed by atoms with Crippen molar-refractivity contribution in [1.82, 2.24) is 0 Å². The first kappa shape index (κ1) is 23.6. The summed E-state index contributed by atoms with van der Waals surface area (Å²) in [6.07, 6.45) is 7.76. The van der Waals surface area contributed by atoms with Crippen molar-refractivity contribution in [2.45, 2.75) is 4.90 Å². The first-order valence-corrected chi connectivity index (χ1v) is 9.68. The largest absolute Gasteiger partial charge is 0.549 e. The van der Waals surface area contributed by atoms with E-state index in [2.05, 4.69) is 26.3 Å². The number of carbonyl (C=O) groups is 1. The molecule has 0 heterocycles. The van der Waals surface area contributed by atoms with Gasteiger partial charge in [0.2, 0.25) is 0 Å². The van der Waals surface area contributed by atoms with E-state index in [4.69, 9.17) is 0 Å². The van der Waals surface area contributed by atoms with E-state index in [-0.39, 0.29) is 4.90 Å². The molecule has 26 heavy (non-hydrogen) atoms. The van der Waals surface area contributed by atoms with Crippen LogP contribution in [0.4, 0.5) is 0 Å². The quantitative estimate of drug-likeness (QED) is 0.435. The Kier molecular flexibility index (Phi) is 10.9. The monoisotopic (exact) mass is 377 g/mol. The molecule has 142 valence electrons. The number of benzene rings is 1. The van der Waals surface area contributed by atoms with Crippen LogP contribution in [0.25, 0.3) is 0 Å². The minimum Gasteiger partial charge on any atom is -0.549 e. The van der Waals surface area contributed by atoms with Gasteiger partial charge in [0.05, 0.1) is 42.8 Å². The van der Waals surface area contributed by atoms with Gasteiger partial charge in [-0.2, -0.15) is 0 Å². The standard InChI is InChI=1S/C12H20N.C8H8O4S/c1-5-9-13(10-6-2,11-7-3)12-8-4;9-8(10)6-13(11,12)7-4-2-1-3-5-7/h5-8H,1-4,9-12H2;1-5H,6H2,(H,9,10)/q+1;/p-1. The fourth-order valence-electron chi connectivity index (χ4n) is 2.41. The molecule has 0 fully saturated rings. The number of rotatable bonds is 11. The maximum Gasteiger partial charge on any atom is 0.183 e. The highest BCUT2D eigenvalue weighted by molar-refractivity contribution is 7.92. The zero-order valence-electron chi connectivity index (χ0n) is 15.0. The Morgan fingerprint density at radius 3 is 1.58 bits per heavy atom. The van der Waals surface area contributed by atoms with E-state index >= 15 is 0 Å². The summed E-state index contributed by atoms with van der Waals surface area (Å²) in [5.41, 5.74) is 0. The Hall–Kier alpha value is -2.44. The molecule has 0 aliphatic rings. The Morgan fingerprint density at radius 1 is 0.885 bits per heavy atom. The first-order chi connectivity index (χ1) is 12.3. The second-order valence-corrected chi connectivity index (χ2v) is 7.66. The van der Waals surface area contributed by atoms with Gasteiger partial charge in [0, 0.05) is 0 Å². The third kappa shape index (κ3) is 8.60. The lowest BCUT2D eigenvalue weighted by atomic mass is 10.3. The molecule has 0 atom stereocenters. The van der Waals surface area contributed by atoms with Crippen LogP contribution in [0.1, 0.15) is 0 Å². The lowest BCUT2D eigenvalue weighted by Crippen LogP contribution is -2.48. The van der Waals surface area contributed by atoms with Crippen molar-refractivity contribution in [3.63, 3.8) is 0 Å². The third-order valence-corrected chi connectivity index (χ3v) is 5.08. The molecule has 5 nitrogen and oxygen atoms in total. The second-order valence-electron chi connectivity index (χ2n) is 5.67. The molecule has 1 rings (SSSR count). The van der Waals surface area contributed by atoms with Gasteiger partial charge in [0.1, 0.15) is 0 Å². The average Bonchev–Trinajstić information content (AvgIpc) is 2.56. The summed E-state index contributed by atoms with van der Waals surface area (Å²) in [5, 5.41) is 10.1. The average molecular weight is 378 g/mol. The van der Waals surface area contributed by atoms with E-state index in [1.165, 1.54) is 24.3 Å². The molecule has 0 unspecified atom stereocenters. The normalized spacial score (nSPS) is 10.8. The summed E-state index contributed by atoms with van der Waals surface area (Å²) < 4.78 is 23.3. The van der Waals surface area contributed by atoms with Gasteiger partial charge in [0.15, 0.2) is 9.84 Å². The third-order valence-electron chi connectivity index (χ3n) is 3.48. The molecular formula is C20H27NO4S. The van der Waals surface area contributed by atoms with E-state index in [1.54, 1.807) is 6.07 Å². The van der Waals surface area contributed by atoms with Gasteiger partial charge < -0.3 is 14.4 Å². The smallest absolute Gasteiger partial charge is 0.183 e. The molecule has 0 N–H and O–H groups in total. The van der Waals surface area contributed by atoms with Gasteiger partial charge in [-0.15, -0.1) is 0 Å². The van der Waals surface area contributed by atoms with E-state index in [1.807, 2.05) is 24.3 Å². The number of hydrogen-bond donors (Lipinski definition) is 0. The number of sulfone groups is 1. The molecule has 6 heteroatoms. The summed E-state index contributed by atoms with van der Waals surface area (Å²) in [5.74, 6) is -2.57. The molecule has 0 radical (unpaired) electrons. The number of carbonyl (C=O) groups excluding carboxylic acids is 1. The van der Waals surface area contributed by atoms with Gasteiger partial charge >= 0.3 is 0 Å². The van der Waals surface area contributed by atoms with Crippen molar-refractivity contribution in [3.05, 3.63) is 81.0 Å². The van der Waals surface area contributed by atoms with Gasteiger partial charge in [0.25, 0.3) is 0 Å². The van der Waals surface area contributed by atoms with Crippen LogP contribution in [0, 0.1) is 0 Å². The van der Waals surface area contributed by atoms with Gasteiger partial charge in [-0.3, -0.25) is 0 Å². The Morgan fingerprint density at radius 2 is 1.27 bits per heavy atom. The molecule has 1 aromatic carbocycles. The zero-order chi connectivity index (χ0) is 20.1. The summed E-state index contributed by atoms with van der Waals surface area (Å²) in [4.78, 5) is 10.1. The summed E-state index contributed by atoms with van der Waals surface area (Å²) in [7, 11) is -3.72. The maximum absolute atomic E-state index is 11.2. The van der Waals surface area contributed by atoms with Crippen LogP contribution in [-0.2, 0) is 14.6 Å². The number of carboxylic acids is 1. The van der Waals surface area contributed by atoms with Crippen molar-refractivity contribution in [2.24, 2.45) is 0 Å². The van der Waals surface area contributed by atoms with Crippen LogP contribution in [0.15, 0.2) is 85.8 Å². The summed E-state index contributed by atoms with van der Waals surface area (Å²) in [6, 6.07) is 7.40. The van der Waals surface area contributed by atoms with E-state index in [0.29, 0.717) is 0 Å². The first-order valence-electron chi connectivity index (χ1n) is 8.03. The number of quaternary nitrogens is 1. The highest BCUT2D eigenvalue weighted by atomic mass is 32.2. The second kappa shape index (κ2) is 12.0. The predicted octanol–water partition coefficient (Wildman–Crippen LogP) is 1.76. The highest BCUT2D eigenvalue weighted by Gasteiger charge is 2.20.